The number of para-hydroxylation sites is 2. The van der Waals surface area contributed by atoms with Crippen LogP contribution in [0.2, 0.25) is 0 Å². The van der Waals surface area contributed by atoms with E-state index >= 15 is 0 Å². The van der Waals surface area contributed by atoms with E-state index in [2.05, 4.69) is 16.7 Å². The van der Waals surface area contributed by atoms with Gasteiger partial charge in [0.15, 0.2) is 0 Å². The number of nitrogens with zero attached hydrogens (tertiary/aromatic N) is 2. The molecule has 166 valence electrons. The van der Waals surface area contributed by atoms with E-state index in [1.807, 2.05) is 55.5 Å². The molecule has 0 saturated carbocycles. The normalized spacial score (nSPS) is 12.7. The topological polar surface area (TPSA) is 68.6 Å². The summed E-state index contributed by atoms with van der Waals surface area (Å²) in [5.74, 6) is -0.451. The van der Waals surface area contributed by atoms with Gasteiger partial charge in [0.1, 0.15) is 6.10 Å². The number of aromatic nitrogens is 1. The van der Waals surface area contributed by atoms with Gasteiger partial charge in [0.2, 0.25) is 10.0 Å². The molecule has 32 heavy (non-hydrogen) atoms. The first-order chi connectivity index (χ1) is 15.2. The monoisotopic (exact) mass is 450 g/mol. The molecule has 7 heteroatoms. The number of hydrogen-bond donors (Lipinski definition) is 0. The Morgan fingerprint density at radius 1 is 0.938 bits per heavy atom. The summed E-state index contributed by atoms with van der Waals surface area (Å²) in [4.78, 5) is 11.9. The Hall–Kier alpha value is -3.32. The maximum atomic E-state index is 12.6. The van der Waals surface area contributed by atoms with Crippen LogP contribution in [0.4, 0.5) is 5.69 Å². The number of fused-ring (bicyclic) bond motifs is 3. The molecule has 0 aliphatic heterocycles. The summed E-state index contributed by atoms with van der Waals surface area (Å²) in [6.07, 6.45) is 0.487. The van der Waals surface area contributed by atoms with Crippen LogP contribution in [0.3, 0.4) is 0 Å². The van der Waals surface area contributed by atoms with Crippen LogP contribution in [0.25, 0.3) is 21.8 Å². The largest absolute Gasteiger partial charge is 0.459 e. The first-order valence-corrected chi connectivity index (χ1v) is 12.3. The van der Waals surface area contributed by atoms with Gasteiger partial charge in [-0.1, -0.05) is 54.1 Å². The lowest BCUT2D eigenvalue weighted by Gasteiger charge is -2.28. The summed E-state index contributed by atoms with van der Waals surface area (Å²) in [5, 5.41) is 2.20. The summed E-state index contributed by atoms with van der Waals surface area (Å²) < 4.78 is 34.3. The third-order valence-corrected chi connectivity index (χ3v) is 6.65. The number of aryl methyl sites for hydroxylation is 1. The molecule has 0 spiro atoms. The van der Waals surface area contributed by atoms with Crippen molar-refractivity contribution in [3.8, 4) is 0 Å². The van der Waals surface area contributed by atoms with Gasteiger partial charge in [0, 0.05) is 28.7 Å². The Bertz CT molecular complexity index is 1320. The Morgan fingerprint density at radius 3 is 1.97 bits per heavy atom. The van der Waals surface area contributed by atoms with E-state index in [4.69, 9.17) is 4.74 Å². The SMILES string of the molecule is CC(=O)OC(CN(c1ccc(C)cc1)S(C)(=O)=O)Cn1c2ccccc2c2ccccc21. The Balaban J connectivity index is 1.76. The Kier molecular flexibility index (Phi) is 5.93. The van der Waals surface area contributed by atoms with Crippen LogP contribution in [0.5, 0.6) is 0 Å². The zero-order valence-corrected chi connectivity index (χ0v) is 19.2. The van der Waals surface area contributed by atoms with Gasteiger partial charge >= 0.3 is 5.97 Å². The van der Waals surface area contributed by atoms with E-state index in [1.54, 1.807) is 12.1 Å². The van der Waals surface area contributed by atoms with Crippen LogP contribution in [-0.4, -0.2) is 37.9 Å². The van der Waals surface area contributed by atoms with Crippen LogP contribution in [0, 0.1) is 6.92 Å². The molecular formula is C25H26N2O4S. The second-order valence-electron chi connectivity index (χ2n) is 8.01. The molecule has 6 nitrogen and oxygen atoms in total. The predicted molar refractivity (Wildman–Crippen MR) is 128 cm³/mol. The van der Waals surface area contributed by atoms with Crippen molar-refractivity contribution in [2.45, 2.75) is 26.5 Å². The molecule has 4 aromatic rings. The van der Waals surface area contributed by atoms with Gasteiger partial charge in [0.05, 0.1) is 25.0 Å². The maximum Gasteiger partial charge on any atom is 0.303 e. The van der Waals surface area contributed by atoms with Gasteiger partial charge in [-0.25, -0.2) is 8.42 Å². The number of carbonyl (C=O) groups excluding carboxylic acids is 1. The number of carbonyl (C=O) groups is 1. The zero-order valence-electron chi connectivity index (χ0n) is 18.4. The smallest absolute Gasteiger partial charge is 0.303 e. The van der Waals surface area contributed by atoms with Crippen LogP contribution < -0.4 is 4.31 Å². The Labute approximate surface area is 188 Å². The van der Waals surface area contributed by atoms with Crippen LogP contribution in [0.15, 0.2) is 72.8 Å². The average Bonchev–Trinajstić information content (AvgIpc) is 3.05. The second-order valence-corrected chi connectivity index (χ2v) is 9.91. The highest BCUT2D eigenvalue weighted by atomic mass is 32.2. The zero-order chi connectivity index (χ0) is 22.9. The summed E-state index contributed by atoms with van der Waals surface area (Å²) in [7, 11) is -3.59. The van der Waals surface area contributed by atoms with E-state index in [0.717, 1.165) is 33.6 Å². The third-order valence-electron chi connectivity index (χ3n) is 5.49. The van der Waals surface area contributed by atoms with E-state index in [9.17, 15) is 13.2 Å². The standard InChI is InChI=1S/C25H26N2O4S/c1-18-12-14-20(15-13-18)27(32(3,29)30)17-21(31-19(2)28)16-26-24-10-6-4-8-22(24)23-9-5-7-11-25(23)26/h4-15,21H,16-17H2,1-3H3. The van der Waals surface area contributed by atoms with Gasteiger partial charge in [-0.15, -0.1) is 0 Å². The highest BCUT2D eigenvalue weighted by molar-refractivity contribution is 7.92. The third kappa shape index (κ3) is 4.48. The summed E-state index contributed by atoms with van der Waals surface area (Å²) in [5.41, 5.74) is 3.58. The van der Waals surface area contributed by atoms with E-state index in [0.29, 0.717) is 12.2 Å². The van der Waals surface area contributed by atoms with Crippen LogP contribution in [-0.2, 0) is 26.1 Å². The highest BCUT2D eigenvalue weighted by Crippen LogP contribution is 2.29. The number of sulfonamides is 1. The van der Waals surface area contributed by atoms with Gasteiger partial charge in [0.25, 0.3) is 0 Å². The lowest BCUT2D eigenvalue weighted by molar-refractivity contribution is -0.146. The number of ether oxygens (including phenoxy) is 1. The van der Waals surface area contributed by atoms with Crippen molar-refractivity contribution in [3.63, 3.8) is 0 Å². The van der Waals surface area contributed by atoms with Crippen molar-refractivity contribution in [2.75, 3.05) is 17.1 Å². The van der Waals surface area contributed by atoms with Gasteiger partial charge in [-0.2, -0.15) is 0 Å². The van der Waals surface area contributed by atoms with E-state index in [1.165, 1.54) is 11.2 Å². The van der Waals surface area contributed by atoms with Gasteiger partial charge < -0.3 is 9.30 Å². The van der Waals surface area contributed by atoms with Crippen molar-refractivity contribution in [1.82, 2.24) is 4.57 Å². The van der Waals surface area contributed by atoms with Crippen molar-refractivity contribution in [1.29, 1.82) is 0 Å². The molecule has 0 bridgehead atoms. The summed E-state index contributed by atoms with van der Waals surface area (Å²) in [6, 6.07) is 23.3. The predicted octanol–water partition coefficient (Wildman–Crippen LogP) is 4.50. The number of hydrogen-bond acceptors (Lipinski definition) is 4. The molecule has 1 heterocycles. The number of esters is 1. The summed E-state index contributed by atoms with van der Waals surface area (Å²) in [6.45, 7) is 3.63. The van der Waals surface area contributed by atoms with Crippen LogP contribution >= 0.6 is 0 Å². The average molecular weight is 451 g/mol. The van der Waals surface area contributed by atoms with Crippen molar-refractivity contribution < 1.29 is 17.9 Å². The molecule has 0 fully saturated rings. The number of anilines is 1. The van der Waals surface area contributed by atoms with E-state index < -0.39 is 22.1 Å². The molecule has 0 radical (unpaired) electrons. The Morgan fingerprint density at radius 2 is 1.47 bits per heavy atom. The number of rotatable bonds is 7. The highest BCUT2D eigenvalue weighted by Gasteiger charge is 2.25. The first-order valence-electron chi connectivity index (χ1n) is 10.4. The maximum absolute atomic E-state index is 12.6. The quantitative estimate of drug-likeness (QED) is 0.389. The second kappa shape index (κ2) is 8.67. The minimum Gasteiger partial charge on any atom is -0.459 e. The molecule has 4 rings (SSSR count). The fourth-order valence-corrected chi connectivity index (χ4v) is 5.04. The molecule has 0 amide bonds. The molecule has 0 aliphatic rings. The van der Waals surface area contributed by atoms with Crippen molar-refractivity contribution in [3.05, 3.63) is 78.4 Å². The first kappa shape index (κ1) is 21.9. The minimum absolute atomic E-state index is 0.0162. The number of benzene rings is 3. The summed E-state index contributed by atoms with van der Waals surface area (Å²) >= 11 is 0. The van der Waals surface area contributed by atoms with Crippen molar-refractivity contribution >= 4 is 43.5 Å². The molecule has 0 saturated heterocycles. The lowest BCUT2D eigenvalue weighted by Crippen LogP contribution is -2.40. The van der Waals surface area contributed by atoms with Gasteiger partial charge in [-0.05, 0) is 31.2 Å². The minimum atomic E-state index is -3.59. The molecule has 1 unspecified atom stereocenters. The molecular weight excluding hydrogens is 424 g/mol. The fraction of sp³-hybridized carbons (Fsp3) is 0.240. The van der Waals surface area contributed by atoms with Gasteiger partial charge in [-0.3, -0.25) is 9.10 Å². The van der Waals surface area contributed by atoms with E-state index in [-0.39, 0.29) is 6.54 Å². The van der Waals surface area contributed by atoms with Crippen LogP contribution in [0.1, 0.15) is 12.5 Å². The van der Waals surface area contributed by atoms with Crippen molar-refractivity contribution in [2.24, 2.45) is 0 Å². The lowest BCUT2D eigenvalue weighted by atomic mass is 10.2. The fourth-order valence-electron chi connectivity index (χ4n) is 4.10. The molecule has 1 aromatic heterocycles. The molecule has 1 atom stereocenters. The molecule has 0 N–H and O–H groups in total. The molecule has 3 aromatic carbocycles. The molecule has 0 aliphatic carbocycles.